The summed E-state index contributed by atoms with van der Waals surface area (Å²) in [6, 6.07) is 7.87. The number of nitrogens with zero attached hydrogens (tertiary/aromatic N) is 7. The van der Waals surface area contributed by atoms with Crippen LogP contribution in [0.2, 0.25) is 0 Å². The maximum atomic E-state index is 13.9. The first-order valence-corrected chi connectivity index (χ1v) is 19.7. The van der Waals surface area contributed by atoms with Gasteiger partial charge in [-0.3, -0.25) is 14.3 Å². The van der Waals surface area contributed by atoms with Crippen LogP contribution >= 0.6 is 0 Å². The van der Waals surface area contributed by atoms with Gasteiger partial charge in [-0.15, -0.1) is 0 Å². The van der Waals surface area contributed by atoms with Crippen molar-refractivity contribution in [2.45, 2.75) is 53.0 Å². The Morgan fingerprint density at radius 1 is 0.911 bits per heavy atom. The van der Waals surface area contributed by atoms with Gasteiger partial charge in [0.25, 0.3) is 5.91 Å². The second-order valence-corrected chi connectivity index (χ2v) is 13.6. The van der Waals surface area contributed by atoms with Crippen LogP contribution in [0.25, 0.3) is 5.82 Å². The predicted octanol–water partition coefficient (Wildman–Crippen LogP) is 3.63. The zero-order valence-electron chi connectivity index (χ0n) is 33.4. The number of likely N-dealkylation sites (N-methyl/N-ethyl adjacent to an activating group) is 1. The Balaban J connectivity index is 1.11. The molecule has 4 aromatic rings. The highest BCUT2D eigenvalue weighted by molar-refractivity contribution is 6.06. The third kappa shape index (κ3) is 9.49. The Kier molecular flexibility index (Phi) is 14.3. The van der Waals surface area contributed by atoms with Crippen LogP contribution in [-0.4, -0.2) is 128 Å². The van der Waals surface area contributed by atoms with E-state index in [-0.39, 0.29) is 11.8 Å². The molecule has 0 aliphatic carbocycles. The monoisotopic (exact) mass is 772 g/mol. The van der Waals surface area contributed by atoms with Crippen LogP contribution in [0.3, 0.4) is 0 Å². The van der Waals surface area contributed by atoms with Gasteiger partial charge in [0.15, 0.2) is 0 Å². The van der Waals surface area contributed by atoms with Gasteiger partial charge in [0.1, 0.15) is 11.6 Å². The Hall–Kier alpha value is -5.03. The summed E-state index contributed by atoms with van der Waals surface area (Å²) >= 11 is 0. The van der Waals surface area contributed by atoms with Gasteiger partial charge in [-0.2, -0.15) is 10.1 Å². The van der Waals surface area contributed by atoms with E-state index < -0.39 is 0 Å². The molecule has 0 spiro atoms. The molecule has 6 rings (SSSR count). The summed E-state index contributed by atoms with van der Waals surface area (Å²) in [5.74, 6) is 1.78. The fraction of sp³-hybridized carbons (Fsp3) is 0.525. The number of hydrogen-bond acceptors (Lipinski definition) is 12. The van der Waals surface area contributed by atoms with Gasteiger partial charge in [-0.25, -0.2) is 4.98 Å². The molecule has 0 bridgehead atoms. The van der Waals surface area contributed by atoms with Gasteiger partial charge in [0, 0.05) is 68.7 Å². The first kappa shape index (κ1) is 40.6. The van der Waals surface area contributed by atoms with Gasteiger partial charge >= 0.3 is 0 Å². The molecule has 0 radical (unpaired) electrons. The Labute approximate surface area is 328 Å². The highest BCUT2D eigenvalue weighted by Gasteiger charge is 2.27. The van der Waals surface area contributed by atoms with E-state index in [9.17, 15) is 9.59 Å². The molecule has 56 heavy (non-hydrogen) atoms. The Morgan fingerprint density at radius 2 is 1.70 bits per heavy atom. The molecule has 1 aromatic carbocycles. The van der Waals surface area contributed by atoms with E-state index in [0.717, 1.165) is 65.2 Å². The van der Waals surface area contributed by atoms with Crippen LogP contribution in [-0.2, 0) is 51.2 Å². The number of anilines is 4. The minimum absolute atomic E-state index is 0.134. The van der Waals surface area contributed by atoms with E-state index >= 15 is 0 Å². The molecule has 0 saturated carbocycles. The van der Waals surface area contributed by atoms with Crippen molar-refractivity contribution >= 4 is 34.8 Å². The van der Waals surface area contributed by atoms with Crippen LogP contribution < -0.4 is 25.6 Å². The fourth-order valence-corrected chi connectivity index (χ4v) is 7.16. The van der Waals surface area contributed by atoms with Gasteiger partial charge in [-0.1, -0.05) is 20.8 Å². The minimum Gasteiger partial charge on any atom is -0.494 e. The molecule has 0 atom stereocenters. The number of fused-ring (bicyclic) bond motifs is 3. The van der Waals surface area contributed by atoms with Crippen LogP contribution in [0.5, 0.6) is 5.75 Å². The summed E-state index contributed by atoms with van der Waals surface area (Å²) < 4.78 is 26.0. The molecular formula is C40H56N10O6. The van der Waals surface area contributed by atoms with Gasteiger partial charge in [-0.05, 0) is 50.4 Å². The molecule has 2 aliphatic heterocycles. The van der Waals surface area contributed by atoms with Crippen molar-refractivity contribution in [2.24, 2.45) is 0 Å². The maximum absolute atomic E-state index is 13.9. The minimum atomic E-state index is -0.172. The average Bonchev–Trinajstić information content (AvgIpc) is 3.82. The third-order valence-corrected chi connectivity index (χ3v) is 10.2. The number of carbonyl (C=O) groups is 2. The average molecular weight is 773 g/mol. The molecule has 1 saturated heterocycles. The van der Waals surface area contributed by atoms with Crippen molar-refractivity contribution in [1.29, 1.82) is 0 Å². The number of amides is 2. The molecule has 2 amide bonds. The molecule has 16 nitrogen and oxygen atoms in total. The molecule has 3 aromatic heterocycles. The van der Waals surface area contributed by atoms with E-state index in [2.05, 4.69) is 32.8 Å². The molecule has 1 fully saturated rings. The van der Waals surface area contributed by atoms with Crippen molar-refractivity contribution < 1.29 is 28.5 Å². The first-order valence-electron chi connectivity index (χ1n) is 19.7. The van der Waals surface area contributed by atoms with Crippen molar-refractivity contribution in [3.05, 3.63) is 64.9 Å². The standard InChI is InChI=1S/C40H56N10O6/c1-6-31-37(33(7-2)50(46-31)19-20-55-23-24-56-22-21-53-4)44-39(52)30-13-14-49-34(30)12-9-28-26-42-40(45-38(28)49)43-32-11-10-29(25-35(32)54-5)47-15-17-48(18-16-47)36(51)27-41-8-3/h10-11,13-14,25-26,41H,6-9,12,15-24,27H2,1-5H3,(H,44,52)(H,42,43,45). The zero-order valence-corrected chi connectivity index (χ0v) is 33.4. The highest BCUT2D eigenvalue weighted by Crippen LogP contribution is 2.34. The summed E-state index contributed by atoms with van der Waals surface area (Å²) in [5, 5.41) is 14.5. The SMILES string of the molecule is CCNCC(=O)N1CCN(c2ccc(Nc3ncc4c(n3)-n3ccc(C(=O)Nc5c(CC)nn(CCOCCOCCOC)c5CC)c3CC4)c(OC)c2)CC1. The lowest BCUT2D eigenvalue weighted by Gasteiger charge is -2.36. The van der Waals surface area contributed by atoms with E-state index in [1.807, 2.05) is 64.7 Å². The van der Waals surface area contributed by atoms with E-state index in [1.54, 1.807) is 14.2 Å². The zero-order chi connectivity index (χ0) is 39.4. The lowest BCUT2D eigenvalue weighted by atomic mass is 10.0. The molecule has 3 N–H and O–H groups in total. The van der Waals surface area contributed by atoms with Crippen LogP contribution in [0, 0.1) is 0 Å². The molecule has 302 valence electrons. The van der Waals surface area contributed by atoms with Crippen molar-refractivity contribution in [3.8, 4) is 11.6 Å². The number of aromatic nitrogens is 5. The second kappa shape index (κ2) is 19.7. The van der Waals surface area contributed by atoms with Gasteiger partial charge in [0.05, 0.1) is 81.6 Å². The fourth-order valence-electron chi connectivity index (χ4n) is 7.16. The topological polar surface area (TPSA) is 162 Å². The predicted molar refractivity (Wildman–Crippen MR) is 215 cm³/mol. The largest absolute Gasteiger partial charge is 0.494 e. The third-order valence-electron chi connectivity index (χ3n) is 10.2. The number of carbonyl (C=O) groups excluding carboxylic acids is 2. The van der Waals surface area contributed by atoms with Crippen LogP contribution in [0.15, 0.2) is 36.7 Å². The Morgan fingerprint density at radius 3 is 2.43 bits per heavy atom. The van der Waals surface area contributed by atoms with Crippen LogP contribution in [0.4, 0.5) is 23.0 Å². The number of aryl methyl sites for hydroxylation is 2. The normalized spacial score (nSPS) is 13.7. The van der Waals surface area contributed by atoms with E-state index in [4.69, 9.17) is 29.0 Å². The number of rotatable bonds is 20. The molecule has 16 heteroatoms. The number of benzene rings is 1. The van der Waals surface area contributed by atoms with Gasteiger partial charge < -0.3 is 49.3 Å². The smallest absolute Gasteiger partial charge is 0.257 e. The summed E-state index contributed by atoms with van der Waals surface area (Å²) in [4.78, 5) is 40.1. The molecule has 2 aliphatic rings. The summed E-state index contributed by atoms with van der Waals surface area (Å²) in [7, 11) is 3.29. The summed E-state index contributed by atoms with van der Waals surface area (Å²) in [6.45, 7) is 13.3. The second-order valence-electron chi connectivity index (χ2n) is 13.6. The summed E-state index contributed by atoms with van der Waals surface area (Å²) in [6.07, 6.45) is 6.53. The first-order chi connectivity index (χ1) is 27.4. The lowest BCUT2D eigenvalue weighted by Crippen LogP contribution is -2.50. The van der Waals surface area contributed by atoms with Gasteiger partial charge in [0.2, 0.25) is 11.9 Å². The molecular weight excluding hydrogens is 717 g/mol. The van der Waals surface area contributed by atoms with E-state index in [1.165, 1.54) is 0 Å². The maximum Gasteiger partial charge on any atom is 0.257 e. The van der Waals surface area contributed by atoms with Crippen molar-refractivity contribution in [3.63, 3.8) is 0 Å². The number of ether oxygens (including phenoxy) is 4. The number of piperazine rings is 1. The highest BCUT2D eigenvalue weighted by atomic mass is 16.5. The van der Waals surface area contributed by atoms with Crippen molar-refractivity contribution in [1.82, 2.24) is 34.5 Å². The van der Waals surface area contributed by atoms with Crippen molar-refractivity contribution in [2.75, 3.05) is 102 Å². The van der Waals surface area contributed by atoms with Crippen LogP contribution in [0.1, 0.15) is 53.8 Å². The number of hydrogen-bond donors (Lipinski definition) is 3. The Bertz CT molecular complexity index is 1940. The number of nitrogens with one attached hydrogen (secondary N) is 3. The summed E-state index contributed by atoms with van der Waals surface area (Å²) in [5.41, 5.74) is 6.85. The molecule has 0 unspecified atom stereocenters. The quantitative estimate of drug-likeness (QED) is 0.112. The van der Waals surface area contributed by atoms with E-state index in [0.29, 0.717) is 102 Å². The lowest BCUT2D eigenvalue weighted by molar-refractivity contribution is -0.130. The number of methoxy groups -OCH3 is 2. The molecule has 5 heterocycles.